The van der Waals surface area contributed by atoms with Crippen LogP contribution in [0.2, 0.25) is 0 Å². The molecule has 1 unspecified atom stereocenters. The molecule has 0 radical (unpaired) electrons. The minimum Gasteiger partial charge on any atom is -0.333 e. The molecule has 0 spiro atoms. The number of carbonyl (C=O) groups excluding carboxylic acids is 1. The first-order chi connectivity index (χ1) is 11.4. The van der Waals surface area contributed by atoms with Gasteiger partial charge in [0, 0.05) is 18.0 Å². The third-order valence-electron chi connectivity index (χ3n) is 4.98. The van der Waals surface area contributed by atoms with Crippen LogP contribution in [0.15, 0.2) is 48.5 Å². The Hall–Kier alpha value is -2.23. The molecule has 1 atom stereocenters. The Morgan fingerprint density at radius 2 is 1.67 bits per heavy atom. The molecular weight excluding hydrogens is 308 g/mol. The van der Waals surface area contributed by atoms with Gasteiger partial charge in [-0.25, -0.2) is 8.78 Å². The van der Waals surface area contributed by atoms with E-state index in [1.807, 2.05) is 49.1 Å². The van der Waals surface area contributed by atoms with Gasteiger partial charge in [0.1, 0.15) is 11.6 Å². The van der Waals surface area contributed by atoms with Crippen molar-refractivity contribution in [3.63, 3.8) is 0 Å². The number of likely N-dealkylation sites (tertiary alicyclic amines) is 1. The fourth-order valence-electron chi connectivity index (χ4n) is 3.46. The summed E-state index contributed by atoms with van der Waals surface area (Å²) in [4.78, 5) is 14.7. The largest absolute Gasteiger partial charge is 0.333 e. The van der Waals surface area contributed by atoms with Gasteiger partial charge < -0.3 is 4.90 Å². The Kier molecular flexibility index (Phi) is 4.39. The summed E-state index contributed by atoms with van der Waals surface area (Å²) in [5.41, 5.74) is 0.618. The van der Waals surface area contributed by atoms with Crippen LogP contribution in [-0.2, 0) is 16.8 Å². The Morgan fingerprint density at radius 1 is 1.04 bits per heavy atom. The molecule has 24 heavy (non-hydrogen) atoms. The van der Waals surface area contributed by atoms with Crippen LogP contribution in [0.25, 0.3) is 0 Å². The van der Waals surface area contributed by atoms with Crippen molar-refractivity contribution in [3.8, 4) is 0 Å². The zero-order chi connectivity index (χ0) is 17.3. The summed E-state index contributed by atoms with van der Waals surface area (Å²) in [5.74, 6) is -1.57. The molecule has 0 N–H and O–H groups in total. The van der Waals surface area contributed by atoms with Gasteiger partial charge in [-0.05, 0) is 44.4 Å². The van der Waals surface area contributed by atoms with E-state index in [-0.39, 0.29) is 23.8 Å². The molecule has 1 amide bonds. The molecule has 0 aliphatic carbocycles. The summed E-state index contributed by atoms with van der Waals surface area (Å²) in [6, 6.07) is 13.7. The van der Waals surface area contributed by atoms with Gasteiger partial charge in [0.15, 0.2) is 0 Å². The van der Waals surface area contributed by atoms with E-state index in [0.29, 0.717) is 13.0 Å². The molecule has 4 heteroatoms. The maximum Gasteiger partial charge on any atom is 0.226 e. The zero-order valence-electron chi connectivity index (χ0n) is 13.9. The van der Waals surface area contributed by atoms with Gasteiger partial charge >= 0.3 is 0 Å². The Bertz CT molecular complexity index is 722. The molecule has 2 nitrogen and oxygen atoms in total. The van der Waals surface area contributed by atoms with E-state index in [9.17, 15) is 13.6 Å². The van der Waals surface area contributed by atoms with E-state index in [2.05, 4.69) is 0 Å². The molecule has 3 rings (SSSR count). The van der Waals surface area contributed by atoms with Crippen LogP contribution in [0.3, 0.4) is 0 Å². The SMILES string of the molecule is CC(C)(c1ccccc1)N1CCC(Cc2c(F)cccc2F)C1=O. The number of benzene rings is 2. The van der Waals surface area contributed by atoms with Crippen LogP contribution < -0.4 is 0 Å². The van der Waals surface area contributed by atoms with Gasteiger partial charge in [0.05, 0.1) is 5.54 Å². The topological polar surface area (TPSA) is 20.3 Å². The molecule has 126 valence electrons. The molecule has 1 heterocycles. The summed E-state index contributed by atoms with van der Waals surface area (Å²) in [7, 11) is 0. The zero-order valence-corrected chi connectivity index (χ0v) is 13.9. The van der Waals surface area contributed by atoms with Gasteiger partial charge in [0.2, 0.25) is 5.91 Å². The third kappa shape index (κ3) is 2.93. The number of hydrogen-bond donors (Lipinski definition) is 0. The molecule has 1 fully saturated rings. The second kappa shape index (κ2) is 6.34. The molecule has 0 saturated carbocycles. The minimum absolute atomic E-state index is 0.00946. The van der Waals surface area contributed by atoms with Gasteiger partial charge in [0.25, 0.3) is 0 Å². The first-order valence-corrected chi connectivity index (χ1v) is 8.21. The van der Waals surface area contributed by atoms with Crippen LogP contribution in [0.1, 0.15) is 31.4 Å². The fourth-order valence-corrected chi connectivity index (χ4v) is 3.46. The molecule has 0 aromatic heterocycles. The predicted molar refractivity (Wildman–Crippen MR) is 89.4 cm³/mol. The molecule has 1 saturated heterocycles. The normalized spacial score (nSPS) is 18.2. The van der Waals surface area contributed by atoms with Crippen molar-refractivity contribution in [1.29, 1.82) is 0 Å². The maximum atomic E-state index is 13.9. The standard InChI is InChI=1S/C20H21F2NO/c1-20(2,15-7-4-3-5-8-15)23-12-11-14(19(23)24)13-16-17(21)9-6-10-18(16)22/h3-10,14H,11-13H2,1-2H3. The van der Waals surface area contributed by atoms with Crippen molar-refractivity contribution in [2.24, 2.45) is 5.92 Å². The van der Waals surface area contributed by atoms with E-state index in [1.165, 1.54) is 18.2 Å². The second-order valence-electron chi connectivity index (χ2n) is 6.80. The van der Waals surface area contributed by atoms with Crippen LogP contribution in [-0.4, -0.2) is 17.4 Å². The lowest BCUT2D eigenvalue weighted by Crippen LogP contribution is -2.43. The van der Waals surface area contributed by atoms with Crippen molar-refractivity contribution < 1.29 is 13.6 Å². The number of nitrogens with zero attached hydrogens (tertiary/aromatic N) is 1. The first kappa shape index (κ1) is 16.6. The lowest BCUT2D eigenvalue weighted by molar-refractivity contribution is -0.135. The first-order valence-electron chi connectivity index (χ1n) is 8.21. The molecular formula is C20H21F2NO. The molecule has 1 aliphatic heterocycles. The van der Waals surface area contributed by atoms with Crippen LogP contribution >= 0.6 is 0 Å². The highest BCUT2D eigenvalue weighted by Crippen LogP contribution is 2.35. The number of amides is 1. The molecule has 0 bridgehead atoms. The average molecular weight is 329 g/mol. The van der Waals surface area contributed by atoms with Crippen molar-refractivity contribution in [2.75, 3.05) is 6.54 Å². The van der Waals surface area contributed by atoms with Crippen molar-refractivity contribution in [2.45, 2.75) is 32.2 Å². The number of rotatable bonds is 4. The Balaban J connectivity index is 1.80. The smallest absolute Gasteiger partial charge is 0.226 e. The van der Waals surface area contributed by atoms with E-state index >= 15 is 0 Å². The fraction of sp³-hybridized carbons (Fsp3) is 0.350. The number of carbonyl (C=O) groups is 1. The molecule has 1 aliphatic rings. The summed E-state index contributed by atoms with van der Waals surface area (Å²) in [5, 5.41) is 0. The quantitative estimate of drug-likeness (QED) is 0.819. The highest BCUT2D eigenvalue weighted by atomic mass is 19.1. The van der Waals surface area contributed by atoms with Crippen LogP contribution in [0.5, 0.6) is 0 Å². The molecule has 2 aromatic carbocycles. The summed E-state index contributed by atoms with van der Waals surface area (Å²) >= 11 is 0. The third-order valence-corrected chi connectivity index (χ3v) is 4.98. The monoisotopic (exact) mass is 329 g/mol. The summed E-state index contributed by atoms with van der Waals surface area (Å²) in [6.07, 6.45) is 0.724. The van der Waals surface area contributed by atoms with Crippen molar-refractivity contribution in [1.82, 2.24) is 4.90 Å². The van der Waals surface area contributed by atoms with E-state index in [0.717, 1.165) is 5.56 Å². The predicted octanol–water partition coefficient (Wildman–Crippen LogP) is 4.29. The molecule has 2 aromatic rings. The summed E-state index contributed by atoms with van der Waals surface area (Å²) < 4.78 is 27.7. The van der Waals surface area contributed by atoms with Gasteiger partial charge in [-0.3, -0.25) is 4.79 Å². The minimum atomic E-state index is -0.580. The van der Waals surface area contributed by atoms with Crippen molar-refractivity contribution in [3.05, 3.63) is 71.3 Å². The number of halogens is 2. The van der Waals surface area contributed by atoms with Gasteiger partial charge in [-0.15, -0.1) is 0 Å². The maximum absolute atomic E-state index is 13.9. The second-order valence-corrected chi connectivity index (χ2v) is 6.80. The lowest BCUT2D eigenvalue weighted by Gasteiger charge is -2.36. The highest BCUT2D eigenvalue weighted by molar-refractivity contribution is 5.82. The Labute approximate surface area is 141 Å². The van der Waals surface area contributed by atoms with E-state index in [1.54, 1.807) is 0 Å². The van der Waals surface area contributed by atoms with Crippen LogP contribution in [0.4, 0.5) is 8.78 Å². The van der Waals surface area contributed by atoms with E-state index in [4.69, 9.17) is 0 Å². The number of hydrogen-bond acceptors (Lipinski definition) is 1. The van der Waals surface area contributed by atoms with E-state index < -0.39 is 17.2 Å². The summed E-state index contributed by atoms with van der Waals surface area (Å²) in [6.45, 7) is 4.61. The van der Waals surface area contributed by atoms with Gasteiger partial charge in [-0.1, -0.05) is 36.4 Å². The highest BCUT2D eigenvalue weighted by Gasteiger charge is 2.41. The van der Waals surface area contributed by atoms with Crippen LogP contribution in [0, 0.1) is 17.6 Å². The average Bonchev–Trinajstić information content (AvgIpc) is 2.93. The Morgan fingerprint density at radius 3 is 2.29 bits per heavy atom. The van der Waals surface area contributed by atoms with Crippen molar-refractivity contribution >= 4 is 5.91 Å². The van der Waals surface area contributed by atoms with Gasteiger partial charge in [-0.2, -0.15) is 0 Å². The lowest BCUT2D eigenvalue weighted by atomic mass is 9.92.